The topological polar surface area (TPSA) is 149 Å². The summed E-state index contributed by atoms with van der Waals surface area (Å²) in [5, 5.41) is 39.4. The van der Waals surface area contributed by atoms with E-state index < -0.39 is 39.4 Å². The summed E-state index contributed by atoms with van der Waals surface area (Å²) >= 11 is 2.64. The predicted octanol–water partition coefficient (Wildman–Crippen LogP) is 2.83. The molecule has 0 unspecified atom stereocenters. The Balaban J connectivity index is 1.60. The number of carboxylic acids is 2. The number of rotatable bonds is 8. The highest BCUT2D eigenvalue weighted by Gasteiger charge is 2.69. The maximum atomic E-state index is 13.8. The molecule has 7 atom stereocenters. The van der Waals surface area contributed by atoms with Crippen LogP contribution in [-0.2, 0) is 19.2 Å². The van der Waals surface area contributed by atoms with E-state index in [1.54, 1.807) is 0 Å². The van der Waals surface area contributed by atoms with Gasteiger partial charge in [-0.3, -0.25) is 19.2 Å². The van der Waals surface area contributed by atoms with Gasteiger partial charge in [0.05, 0.1) is 15.6 Å². The zero-order chi connectivity index (χ0) is 25.8. The van der Waals surface area contributed by atoms with Crippen molar-refractivity contribution in [3.05, 3.63) is 0 Å². The van der Waals surface area contributed by atoms with Gasteiger partial charge in [0.15, 0.2) is 5.78 Å². The second-order valence-corrected chi connectivity index (χ2v) is 14.5. The van der Waals surface area contributed by atoms with Gasteiger partial charge in [-0.05, 0) is 68.1 Å². The first kappa shape index (κ1) is 26.9. The Morgan fingerprint density at radius 2 is 1.60 bits per heavy atom. The maximum absolute atomic E-state index is 13.8. The largest absolute Gasteiger partial charge is 0.481 e. The van der Waals surface area contributed by atoms with Gasteiger partial charge in [0.1, 0.15) is 18.0 Å². The molecule has 0 aliphatic heterocycles. The monoisotopic (exact) mass is 528 g/mol. The lowest BCUT2D eigenvalue weighted by Gasteiger charge is -2.61. The molecule has 4 aliphatic rings. The number of hydrogen-bond donors (Lipinski definition) is 4. The Morgan fingerprint density at radius 3 is 2.17 bits per heavy atom. The highest BCUT2D eigenvalue weighted by Crippen LogP contribution is 2.69. The molecule has 0 bridgehead atoms. The molecule has 35 heavy (non-hydrogen) atoms. The van der Waals surface area contributed by atoms with Crippen LogP contribution in [0.4, 0.5) is 0 Å². The number of fused-ring (bicyclic) bond motifs is 5. The molecule has 4 aliphatic carbocycles. The summed E-state index contributed by atoms with van der Waals surface area (Å²) in [7, 11) is 0. The van der Waals surface area contributed by atoms with Gasteiger partial charge in [-0.25, -0.2) is 0 Å². The molecule has 8 nitrogen and oxygen atoms in total. The Labute approximate surface area is 214 Å². The fourth-order valence-corrected chi connectivity index (χ4v) is 10.9. The van der Waals surface area contributed by atoms with Crippen LogP contribution < -0.4 is 0 Å². The first-order valence-electron chi connectivity index (χ1n) is 12.4. The van der Waals surface area contributed by atoms with E-state index in [1.165, 1.54) is 23.5 Å². The van der Waals surface area contributed by atoms with Crippen molar-refractivity contribution in [3.8, 4) is 0 Å². The van der Waals surface area contributed by atoms with Crippen molar-refractivity contribution in [2.75, 3.05) is 18.1 Å². The van der Waals surface area contributed by atoms with Crippen molar-refractivity contribution >= 4 is 47.0 Å². The molecule has 0 aromatic rings. The van der Waals surface area contributed by atoms with Crippen molar-refractivity contribution in [1.29, 1.82) is 0 Å². The SMILES string of the molecule is C[C@]12CCC(SCC(=O)O)(SCC(=O)O)C[C@H]1CC[C@@H]1[C@@H]2C(=O)C[C@@]2(C)[C@H]1CC[C@]2(O)C(=O)CO. The van der Waals surface area contributed by atoms with Crippen molar-refractivity contribution in [2.24, 2.45) is 34.5 Å². The highest BCUT2D eigenvalue weighted by molar-refractivity contribution is 8.18. The number of aliphatic hydroxyl groups excluding tert-OH is 1. The quantitative estimate of drug-likeness (QED) is 0.346. The second-order valence-electron chi connectivity index (χ2n) is 11.5. The van der Waals surface area contributed by atoms with Gasteiger partial charge in [-0.1, -0.05) is 13.8 Å². The van der Waals surface area contributed by atoms with Gasteiger partial charge in [-0.2, -0.15) is 0 Å². The number of aliphatic hydroxyl groups is 2. The van der Waals surface area contributed by atoms with Crippen LogP contribution in [0.15, 0.2) is 0 Å². The Bertz CT molecular complexity index is 905. The zero-order valence-corrected chi connectivity index (χ0v) is 22.0. The number of carboxylic acid groups (broad SMARTS) is 2. The van der Waals surface area contributed by atoms with Crippen molar-refractivity contribution in [2.45, 2.75) is 74.9 Å². The smallest absolute Gasteiger partial charge is 0.313 e. The molecule has 4 N–H and O–H groups in total. The lowest BCUT2D eigenvalue weighted by atomic mass is 9.44. The third-order valence-corrected chi connectivity index (χ3v) is 13.3. The van der Waals surface area contributed by atoms with E-state index in [2.05, 4.69) is 6.92 Å². The summed E-state index contributed by atoms with van der Waals surface area (Å²) in [4.78, 5) is 48.9. The van der Waals surface area contributed by atoms with Crippen molar-refractivity contribution in [1.82, 2.24) is 0 Å². The summed E-state index contributed by atoms with van der Waals surface area (Å²) < 4.78 is -0.499. The number of carbonyl (C=O) groups excluding carboxylic acids is 2. The minimum absolute atomic E-state index is 0.0259. The molecule has 4 rings (SSSR count). The van der Waals surface area contributed by atoms with Gasteiger partial charge in [0.2, 0.25) is 0 Å². The number of carbonyl (C=O) groups is 4. The summed E-state index contributed by atoms with van der Waals surface area (Å²) in [6, 6.07) is 0. The molecule has 0 aromatic carbocycles. The van der Waals surface area contributed by atoms with Crippen LogP contribution in [0, 0.1) is 34.5 Å². The maximum Gasteiger partial charge on any atom is 0.313 e. The molecule has 196 valence electrons. The average molecular weight is 529 g/mol. The van der Waals surface area contributed by atoms with E-state index in [0.717, 1.165) is 12.8 Å². The number of thioether (sulfide) groups is 2. The van der Waals surface area contributed by atoms with Crippen LogP contribution in [-0.4, -0.2) is 71.7 Å². The molecule has 0 amide bonds. The van der Waals surface area contributed by atoms with Crippen molar-refractivity contribution in [3.63, 3.8) is 0 Å². The van der Waals surface area contributed by atoms with Crippen molar-refractivity contribution < 1.29 is 39.6 Å². The highest BCUT2D eigenvalue weighted by atomic mass is 32.2. The fraction of sp³-hybridized carbons (Fsp3) is 0.840. The molecule has 0 radical (unpaired) electrons. The molecule has 4 fully saturated rings. The number of Topliss-reactive ketones (excluding diaryl/α,β-unsaturated/α-hetero) is 2. The van der Waals surface area contributed by atoms with Gasteiger partial charge in [-0.15, -0.1) is 23.5 Å². The number of ketones is 2. The zero-order valence-electron chi connectivity index (χ0n) is 20.3. The minimum Gasteiger partial charge on any atom is -0.481 e. The number of aliphatic carboxylic acids is 2. The van der Waals surface area contributed by atoms with E-state index in [-0.39, 0.29) is 59.2 Å². The van der Waals surface area contributed by atoms with E-state index in [0.29, 0.717) is 25.7 Å². The molecular weight excluding hydrogens is 492 g/mol. The molecule has 0 heterocycles. The summed E-state index contributed by atoms with van der Waals surface area (Å²) in [5.74, 6) is -2.45. The first-order chi connectivity index (χ1) is 16.3. The van der Waals surface area contributed by atoms with E-state index in [4.69, 9.17) is 0 Å². The minimum atomic E-state index is -1.67. The molecule has 4 saturated carbocycles. The molecule has 0 saturated heterocycles. The lowest BCUT2D eigenvalue weighted by molar-refractivity contribution is -0.177. The Hall–Kier alpha value is -1.10. The molecular formula is C25H36O8S2. The summed E-state index contributed by atoms with van der Waals surface area (Å²) in [6.07, 6.45) is 4.72. The number of hydrogen-bond acceptors (Lipinski definition) is 8. The van der Waals surface area contributed by atoms with Crippen LogP contribution in [0.2, 0.25) is 0 Å². The normalized spacial score (nSPS) is 42.0. The summed E-state index contributed by atoms with van der Waals surface area (Å²) in [5.41, 5.74) is -2.82. The van der Waals surface area contributed by atoms with Crippen LogP contribution in [0.25, 0.3) is 0 Å². The van der Waals surface area contributed by atoms with E-state index >= 15 is 0 Å². The summed E-state index contributed by atoms with van der Waals surface area (Å²) in [6.45, 7) is 3.28. The fourth-order valence-electron chi connectivity index (χ4n) is 8.30. The molecule has 10 heteroatoms. The Kier molecular flexibility index (Phi) is 7.18. The average Bonchev–Trinajstić information content (AvgIpc) is 3.07. The van der Waals surface area contributed by atoms with Crippen LogP contribution in [0.5, 0.6) is 0 Å². The molecule has 0 spiro atoms. The van der Waals surface area contributed by atoms with Crippen LogP contribution in [0.3, 0.4) is 0 Å². The second kappa shape index (κ2) is 9.33. The van der Waals surface area contributed by atoms with Gasteiger partial charge < -0.3 is 20.4 Å². The van der Waals surface area contributed by atoms with Gasteiger partial charge >= 0.3 is 11.9 Å². The van der Waals surface area contributed by atoms with Crippen LogP contribution >= 0.6 is 23.5 Å². The standard InChI is InChI=1S/C25H36O8S2/c1-22-7-8-24(34-12-19(29)30,35-13-20(31)32)9-14(22)3-4-15-16-5-6-25(33,18(28)11-26)23(16,2)10-17(27)21(15)22/h14-16,21,26,33H,3-13H2,1-2H3,(H,29,30)(H,31,32)/t14-,15+,16+,21-,22+,23+,25+/m1/s1. The van der Waals surface area contributed by atoms with Crippen LogP contribution in [0.1, 0.15) is 65.2 Å². The first-order valence-corrected chi connectivity index (χ1v) is 14.4. The van der Waals surface area contributed by atoms with E-state index in [1.807, 2.05) is 6.92 Å². The van der Waals surface area contributed by atoms with Gasteiger partial charge in [0.25, 0.3) is 0 Å². The Morgan fingerprint density at radius 1 is 0.971 bits per heavy atom. The van der Waals surface area contributed by atoms with E-state index in [9.17, 15) is 39.6 Å². The third kappa shape index (κ3) is 4.26. The lowest BCUT2D eigenvalue weighted by Crippen LogP contribution is -2.62. The third-order valence-electron chi connectivity index (χ3n) is 10.0. The molecule has 0 aromatic heterocycles. The van der Waals surface area contributed by atoms with Gasteiger partial charge in [0, 0.05) is 17.8 Å². The predicted molar refractivity (Wildman–Crippen MR) is 132 cm³/mol.